The van der Waals surface area contributed by atoms with Crippen LogP contribution in [0.3, 0.4) is 0 Å². The average molecular weight is 436 g/mol. The highest BCUT2D eigenvalue weighted by molar-refractivity contribution is 7.17. The molecule has 0 fully saturated rings. The topological polar surface area (TPSA) is 70.7 Å². The van der Waals surface area contributed by atoms with E-state index in [1.165, 1.54) is 11.1 Å². The van der Waals surface area contributed by atoms with Crippen LogP contribution in [0.25, 0.3) is 0 Å². The number of carbonyl (C=O) groups is 2. The summed E-state index contributed by atoms with van der Waals surface area (Å²) < 4.78 is 5.70. The van der Waals surface area contributed by atoms with E-state index in [0.29, 0.717) is 15.3 Å². The Morgan fingerprint density at radius 2 is 2.03 bits per heavy atom. The highest BCUT2D eigenvalue weighted by atomic mass is 35.5. The van der Waals surface area contributed by atoms with Crippen molar-refractivity contribution in [3.8, 4) is 5.06 Å². The van der Waals surface area contributed by atoms with Gasteiger partial charge in [-0.2, -0.15) is 0 Å². The van der Waals surface area contributed by atoms with Gasteiger partial charge >= 0.3 is 6.09 Å². The van der Waals surface area contributed by atoms with Crippen molar-refractivity contribution in [1.29, 1.82) is 0 Å². The second-order valence-electron chi connectivity index (χ2n) is 7.98. The zero-order valence-corrected chi connectivity index (χ0v) is 18.6. The van der Waals surface area contributed by atoms with Gasteiger partial charge in [0.15, 0.2) is 5.06 Å². The molecule has 0 spiro atoms. The monoisotopic (exact) mass is 435 g/mol. The van der Waals surface area contributed by atoms with Gasteiger partial charge in [0.2, 0.25) is 5.91 Å². The molecule has 1 aromatic heterocycles. The number of fused-ring (bicyclic) bond motifs is 1. The number of rotatable bonds is 4. The molecular weight excluding hydrogens is 410 g/mol. The molecule has 2 N–H and O–H groups in total. The molecule has 6 nitrogen and oxygen atoms in total. The van der Waals surface area contributed by atoms with Gasteiger partial charge < -0.3 is 20.3 Å². The summed E-state index contributed by atoms with van der Waals surface area (Å²) in [5.74, 6) is 0.0603. The quantitative estimate of drug-likeness (QED) is 0.741. The normalized spacial score (nSPS) is 17.2. The first kappa shape index (κ1) is 21.6. The molecule has 0 saturated carbocycles. The van der Waals surface area contributed by atoms with Gasteiger partial charge in [0, 0.05) is 18.8 Å². The van der Waals surface area contributed by atoms with Gasteiger partial charge in [-0.1, -0.05) is 35.9 Å². The molecule has 1 unspecified atom stereocenters. The number of carbonyl (C=O) groups excluding carboxylic acids is 2. The van der Waals surface area contributed by atoms with Gasteiger partial charge in [0.05, 0.1) is 4.34 Å². The van der Waals surface area contributed by atoms with Crippen molar-refractivity contribution in [3.63, 3.8) is 0 Å². The summed E-state index contributed by atoms with van der Waals surface area (Å²) in [5.41, 5.74) is 2.14. The fraction of sp³-hybridized carbons (Fsp3) is 0.429. The van der Waals surface area contributed by atoms with Gasteiger partial charge in [-0.3, -0.25) is 4.79 Å². The number of benzene rings is 1. The summed E-state index contributed by atoms with van der Waals surface area (Å²) in [7, 11) is 2.13. The molecule has 1 aromatic carbocycles. The summed E-state index contributed by atoms with van der Waals surface area (Å²) >= 11 is 6.98. The van der Waals surface area contributed by atoms with Crippen molar-refractivity contribution in [2.45, 2.75) is 38.6 Å². The second kappa shape index (κ2) is 8.73. The van der Waals surface area contributed by atoms with E-state index in [1.54, 1.807) is 26.0 Å². The number of amides is 2. The van der Waals surface area contributed by atoms with Crippen molar-refractivity contribution in [2.24, 2.45) is 0 Å². The van der Waals surface area contributed by atoms with E-state index in [4.69, 9.17) is 16.3 Å². The second-order valence-corrected chi connectivity index (χ2v) is 9.66. The molecule has 1 aliphatic heterocycles. The van der Waals surface area contributed by atoms with Crippen LogP contribution in [-0.2, 0) is 11.2 Å². The number of thiophene rings is 1. The van der Waals surface area contributed by atoms with Gasteiger partial charge in [0.1, 0.15) is 5.54 Å². The number of anilines is 1. The van der Waals surface area contributed by atoms with E-state index in [0.717, 1.165) is 36.5 Å². The third-order valence-corrected chi connectivity index (χ3v) is 6.12. The van der Waals surface area contributed by atoms with Crippen LogP contribution in [0.5, 0.6) is 5.06 Å². The Labute approximate surface area is 180 Å². The Morgan fingerprint density at radius 3 is 2.72 bits per heavy atom. The van der Waals surface area contributed by atoms with E-state index in [9.17, 15) is 9.59 Å². The van der Waals surface area contributed by atoms with Crippen molar-refractivity contribution >= 4 is 40.6 Å². The molecule has 2 heterocycles. The molecule has 2 aromatic rings. The summed E-state index contributed by atoms with van der Waals surface area (Å²) in [6.07, 6.45) is 0.290. The van der Waals surface area contributed by atoms with Crippen LogP contribution in [0.1, 0.15) is 37.8 Å². The molecule has 0 saturated heterocycles. The Balaban J connectivity index is 1.65. The first-order valence-electron chi connectivity index (χ1n) is 9.52. The molecule has 3 rings (SSSR count). The molecule has 1 atom stereocenters. The Hall–Kier alpha value is -2.09. The molecule has 1 aliphatic rings. The Kier molecular flexibility index (Phi) is 6.51. The maximum atomic E-state index is 12.8. The van der Waals surface area contributed by atoms with E-state index in [-0.39, 0.29) is 5.91 Å². The third kappa shape index (κ3) is 5.50. The summed E-state index contributed by atoms with van der Waals surface area (Å²) in [5, 5.41) is 5.89. The van der Waals surface area contributed by atoms with Crippen LogP contribution in [0.4, 0.5) is 10.5 Å². The van der Waals surface area contributed by atoms with Gasteiger partial charge in [0.25, 0.3) is 0 Å². The highest BCUT2D eigenvalue weighted by Gasteiger charge is 2.31. The smallest absolute Gasteiger partial charge is 0.399 e. The minimum absolute atomic E-state index is 0.322. The molecule has 29 heavy (non-hydrogen) atoms. The van der Waals surface area contributed by atoms with Crippen molar-refractivity contribution in [2.75, 3.05) is 25.5 Å². The molecule has 0 radical (unpaired) electrons. The standard InChI is InChI=1S/C21H26ClN3O3S/c1-13-12-25(4)10-9-14-5-6-15(11-16(13)14)23-19(26)21(2,3)24-20(27)28-18-8-7-17(22)29-18/h5-8,11,13H,9-10,12H2,1-4H3,(H,23,26)(H,24,27). The Morgan fingerprint density at radius 1 is 1.28 bits per heavy atom. The number of nitrogens with one attached hydrogen (secondary N) is 2. The largest absolute Gasteiger partial charge is 0.414 e. The summed E-state index contributed by atoms with van der Waals surface area (Å²) in [6, 6.07) is 9.28. The SMILES string of the molecule is CC1CN(C)CCc2ccc(NC(=O)C(C)(C)NC(=O)Oc3ccc(Cl)s3)cc21. The van der Waals surface area contributed by atoms with Crippen LogP contribution in [0.15, 0.2) is 30.3 Å². The summed E-state index contributed by atoms with van der Waals surface area (Å²) in [6.45, 7) is 7.47. The number of hydrogen-bond donors (Lipinski definition) is 2. The lowest BCUT2D eigenvalue weighted by Gasteiger charge is -2.25. The highest BCUT2D eigenvalue weighted by Crippen LogP contribution is 2.29. The van der Waals surface area contributed by atoms with Crippen LogP contribution >= 0.6 is 22.9 Å². The Bertz CT molecular complexity index is 912. The first-order chi connectivity index (χ1) is 13.6. The maximum Gasteiger partial charge on any atom is 0.414 e. The number of likely N-dealkylation sites (N-methyl/N-ethyl adjacent to an activating group) is 1. The van der Waals surface area contributed by atoms with Crippen molar-refractivity contribution in [1.82, 2.24) is 10.2 Å². The van der Waals surface area contributed by atoms with Gasteiger partial charge in [-0.15, -0.1) is 0 Å². The molecular formula is C21H26ClN3O3S. The van der Waals surface area contributed by atoms with Crippen LogP contribution < -0.4 is 15.4 Å². The number of nitrogens with zero attached hydrogens (tertiary/aromatic N) is 1. The predicted octanol–water partition coefficient (Wildman–Crippen LogP) is 4.50. The average Bonchev–Trinajstić information content (AvgIpc) is 2.97. The minimum Gasteiger partial charge on any atom is -0.399 e. The summed E-state index contributed by atoms with van der Waals surface area (Å²) in [4.78, 5) is 27.3. The minimum atomic E-state index is -1.16. The third-order valence-electron chi connectivity index (χ3n) is 5.01. The van der Waals surface area contributed by atoms with E-state index in [2.05, 4.69) is 35.6 Å². The molecule has 8 heteroatoms. The van der Waals surface area contributed by atoms with Crippen molar-refractivity contribution in [3.05, 3.63) is 45.8 Å². The van der Waals surface area contributed by atoms with Gasteiger partial charge in [-0.25, -0.2) is 4.79 Å². The van der Waals surface area contributed by atoms with E-state index in [1.807, 2.05) is 12.1 Å². The molecule has 2 amide bonds. The number of ether oxygens (including phenoxy) is 1. The number of hydrogen-bond acceptors (Lipinski definition) is 5. The molecule has 156 valence electrons. The van der Waals surface area contributed by atoms with E-state index >= 15 is 0 Å². The van der Waals surface area contributed by atoms with Crippen LogP contribution in [0.2, 0.25) is 4.34 Å². The van der Waals surface area contributed by atoms with Gasteiger partial charge in [-0.05, 0) is 68.6 Å². The lowest BCUT2D eigenvalue weighted by Crippen LogP contribution is -2.53. The lowest BCUT2D eigenvalue weighted by molar-refractivity contribution is -0.121. The predicted molar refractivity (Wildman–Crippen MR) is 117 cm³/mol. The number of halogens is 1. The fourth-order valence-corrected chi connectivity index (χ4v) is 4.27. The van der Waals surface area contributed by atoms with E-state index < -0.39 is 11.6 Å². The molecule has 0 bridgehead atoms. The van der Waals surface area contributed by atoms with Crippen molar-refractivity contribution < 1.29 is 14.3 Å². The fourth-order valence-electron chi connectivity index (χ4n) is 3.40. The first-order valence-corrected chi connectivity index (χ1v) is 10.7. The van der Waals surface area contributed by atoms with Crippen LogP contribution in [-0.4, -0.2) is 42.6 Å². The van der Waals surface area contributed by atoms with Crippen LogP contribution in [0, 0.1) is 0 Å². The zero-order chi connectivity index (χ0) is 21.2. The lowest BCUT2D eigenvalue weighted by atomic mass is 9.94. The molecule has 0 aliphatic carbocycles. The zero-order valence-electron chi connectivity index (χ0n) is 17.0. The maximum absolute atomic E-state index is 12.8.